The second-order valence-corrected chi connectivity index (χ2v) is 4.91. The molecular weight excluding hydrogens is 280 g/mol. The minimum absolute atomic E-state index is 0.0166. The second kappa shape index (κ2) is 5.07. The fourth-order valence-corrected chi connectivity index (χ4v) is 2.44. The SMILES string of the molecule is Nc1nc(N)c2ncn(C[C@H]3O[C@@H](CO)[C@@H](O)[C@@H]3O)c2n1. The number of rotatable bonds is 3. The van der Waals surface area contributed by atoms with Crippen molar-refractivity contribution < 1.29 is 20.1 Å². The molecule has 10 heteroatoms. The number of aliphatic hydroxyl groups is 3. The van der Waals surface area contributed by atoms with Crippen LogP contribution in [0.2, 0.25) is 0 Å². The molecule has 0 saturated carbocycles. The summed E-state index contributed by atoms with van der Waals surface area (Å²) in [7, 11) is 0. The third kappa shape index (κ3) is 2.27. The molecule has 2 aromatic heterocycles. The van der Waals surface area contributed by atoms with E-state index in [0.717, 1.165) is 0 Å². The lowest BCUT2D eigenvalue weighted by molar-refractivity contribution is -0.0262. The fraction of sp³-hybridized carbons (Fsp3) is 0.545. The van der Waals surface area contributed by atoms with Crippen molar-refractivity contribution in [3.8, 4) is 0 Å². The Balaban J connectivity index is 1.89. The van der Waals surface area contributed by atoms with Crippen LogP contribution < -0.4 is 11.5 Å². The monoisotopic (exact) mass is 296 g/mol. The van der Waals surface area contributed by atoms with Gasteiger partial charge in [-0.1, -0.05) is 0 Å². The summed E-state index contributed by atoms with van der Waals surface area (Å²) < 4.78 is 7.01. The van der Waals surface area contributed by atoms with Gasteiger partial charge in [-0.25, -0.2) is 4.98 Å². The number of nitrogen functional groups attached to an aromatic ring is 2. The molecule has 0 radical (unpaired) electrons. The van der Waals surface area contributed by atoms with Gasteiger partial charge in [0.1, 0.15) is 29.9 Å². The first-order valence-electron chi connectivity index (χ1n) is 6.37. The van der Waals surface area contributed by atoms with E-state index in [0.29, 0.717) is 11.2 Å². The Bertz CT molecular complexity index is 661. The van der Waals surface area contributed by atoms with E-state index in [1.165, 1.54) is 6.33 Å². The van der Waals surface area contributed by atoms with Crippen LogP contribution in [0.5, 0.6) is 0 Å². The van der Waals surface area contributed by atoms with E-state index in [4.69, 9.17) is 21.3 Å². The number of imidazole rings is 1. The number of anilines is 2. The Morgan fingerprint density at radius 3 is 2.57 bits per heavy atom. The predicted molar refractivity (Wildman–Crippen MR) is 71.9 cm³/mol. The van der Waals surface area contributed by atoms with Crippen LogP contribution in [0.25, 0.3) is 11.2 Å². The van der Waals surface area contributed by atoms with Crippen LogP contribution in [0.3, 0.4) is 0 Å². The highest BCUT2D eigenvalue weighted by Crippen LogP contribution is 2.24. The quantitative estimate of drug-likeness (QED) is 0.410. The molecule has 114 valence electrons. The molecule has 3 rings (SSSR count). The number of fused-ring (bicyclic) bond motifs is 1. The van der Waals surface area contributed by atoms with Gasteiger partial charge in [0.05, 0.1) is 19.5 Å². The van der Waals surface area contributed by atoms with Crippen LogP contribution in [-0.2, 0) is 11.3 Å². The molecule has 1 fully saturated rings. The first kappa shape index (κ1) is 13.9. The minimum atomic E-state index is -1.14. The first-order valence-corrected chi connectivity index (χ1v) is 6.37. The van der Waals surface area contributed by atoms with Crippen molar-refractivity contribution in [3.05, 3.63) is 6.33 Å². The van der Waals surface area contributed by atoms with Crippen molar-refractivity contribution in [1.82, 2.24) is 19.5 Å². The lowest BCUT2D eigenvalue weighted by Gasteiger charge is -2.15. The summed E-state index contributed by atoms with van der Waals surface area (Å²) in [6.45, 7) is -0.192. The standard InChI is InChI=1S/C11H16N6O4/c12-9-6-10(16-11(13)15-9)17(3-14-6)1-4-7(19)8(20)5(2-18)21-4/h3-5,7-8,18-20H,1-2H2,(H4,12,13,15,16)/t4-,5+,7-,8-/m1/s1. The van der Waals surface area contributed by atoms with Gasteiger partial charge in [-0.3, -0.25) is 0 Å². The average Bonchev–Trinajstić information content (AvgIpc) is 2.96. The Hall–Kier alpha value is -2.01. The lowest BCUT2D eigenvalue weighted by atomic mass is 10.1. The largest absolute Gasteiger partial charge is 0.394 e. The fourth-order valence-electron chi connectivity index (χ4n) is 2.44. The third-order valence-electron chi connectivity index (χ3n) is 3.53. The van der Waals surface area contributed by atoms with Gasteiger partial charge < -0.3 is 36.1 Å². The molecule has 0 spiro atoms. The number of hydrogen-bond acceptors (Lipinski definition) is 9. The number of aromatic nitrogens is 4. The normalized spacial score (nSPS) is 29.3. The van der Waals surface area contributed by atoms with Crippen molar-refractivity contribution in [3.63, 3.8) is 0 Å². The van der Waals surface area contributed by atoms with Crippen LogP contribution in [0.15, 0.2) is 6.33 Å². The van der Waals surface area contributed by atoms with E-state index >= 15 is 0 Å². The van der Waals surface area contributed by atoms with E-state index in [1.807, 2.05) is 0 Å². The van der Waals surface area contributed by atoms with Crippen LogP contribution in [0.1, 0.15) is 0 Å². The smallest absolute Gasteiger partial charge is 0.224 e. The van der Waals surface area contributed by atoms with E-state index in [9.17, 15) is 10.2 Å². The molecule has 0 amide bonds. The highest BCUT2D eigenvalue weighted by Gasteiger charge is 2.42. The van der Waals surface area contributed by atoms with Crippen molar-refractivity contribution in [1.29, 1.82) is 0 Å². The summed E-state index contributed by atoms with van der Waals surface area (Å²) in [5.41, 5.74) is 12.1. The highest BCUT2D eigenvalue weighted by atomic mass is 16.6. The van der Waals surface area contributed by atoms with Gasteiger partial charge in [0.2, 0.25) is 5.95 Å². The van der Waals surface area contributed by atoms with Crippen molar-refractivity contribution >= 4 is 22.9 Å². The summed E-state index contributed by atoms with van der Waals surface area (Å²) >= 11 is 0. The van der Waals surface area contributed by atoms with Gasteiger partial charge in [0.15, 0.2) is 11.5 Å². The molecule has 0 bridgehead atoms. The summed E-state index contributed by atoms with van der Waals surface area (Å²) in [6.07, 6.45) is -2.30. The molecule has 0 unspecified atom stereocenters. The van der Waals surface area contributed by atoms with E-state index < -0.39 is 24.4 Å². The Morgan fingerprint density at radius 1 is 1.19 bits per heavy atom. The third-order valence-corrected chi connectivity index (χ3v) is 3.53. The van der Waals surface area contributed by atoms with Crippen LogP contribution in [-0.4, -0.2) is 65.9 Å². The molecule has 4 atom stereocenters. The number of aliphatic hydroxyl groups excluding tert-OH is 3. The first-order chi connectivity index (χ1) is 10.0. The van der Waals surface area contributed by atoms with Gasteiger partial charge in [-0.2, -0.15) is 9.97 Å². The average molecular weight is 296 g/mol. The minimum Gasteiger partial charge on any atom is -0.394 e. The van der Waals surface area contributed by atoms with Gasteiger partial charge in [0, 0.05) is 0 Å². The lowest BCUT2D eigenvalue weighted by Crippen LogP contribution is -2.35. The van der Waals surface area contributed by atoms with E-state index in [-0.39, 0.29) is 24.9 Å². The number of hydrogen-bond donors (Lipinski definition) is 5. The molecule has 0 aliphatic carbocycles. The Kier molecular flexibility index (Phi) is 3.37. The van der Waals surface area contributed by atoms with E-state index in [1.54, 1.807) is 4.57 Å². The molecule has 0 aromatic carbocycles. The molecular formula is C11H16N6O4. The zero-order valence-corrected chi connectivity index (χ0v) is 11.0. The molecule has 3 heterocycles. The summed E-state index contributed by atoms with van der Waals surface area (Å²) in [5.74, 6) is 0.181. The van der Waals surface area contributed by atoms with Gasteiger partial charge >= 0.3 is 0 Å². The maximum Gasteiger partial charge on any atom is 0.224 e. The molecule has 1 saturated heterocycles. The maximum atomic E-state index is 9.94. The van der Waals surface area contributed by atoms with Gasteiger partial charge in [-0.15, -0.1) is 0 Å². The zero-order chi connectivity index (χ0) is 15.1. The molecule has 2 aromatic rings. The summed E-state index contributed by atoms with van der Waals surface area (Å²) in [5, 5.41) is 28.7. The molecule has 1 aliphatic rings. The summed E-state index contributed by atoms with van der Waals surface area (Å²) in [6, 6.07) is 0. The molecule has 10 nitrogen and oxygen atoms in total. The summed E-state index contributed by atoms with van der Waals surface area (Å²) in [4.78, 5) is 12.0. The number of ether oxygens (including phenoxy) is 1. The van der Waals surface area contributed by atoms with Crippen molar-refractivity contribution in [2.24, 2.45) is 0 Å². The Morgan fingerprint density at radius 2 is 1.90 bits per heavy atom. The van der Waals surface area contributed by atoms with Crippen molar-refractivity contribution in [2.45, 2.75) is 31.0 Å². The number of nitrogens with two attached hydrogens (primary N) is 2. The van der Waals surface area contributed by atoms with E-state index in [2.05, 4.69) is 15.0 Å². The Labute approximate surface area is 119 Å². The van der Waals surface area contributed by atoms with Crippen LogP contribution in [0.4, 0.5) is 11.8 Å². The van der Waals surface area contributed by atoms with Gasteiger partial charge in [-0.05, 0) is 0 Å². The molecule has 7 N–H and O–H groups in total. The predicted octanol–water partition coefficient (Wildman–Crippen LogP) is -2.53. The van der Waals surface area contributed by atoms with Crippen LogP contribution in [0, 0.1) is 0 Å². The highest BCUT2D eigenvalue weighted by molar-refractivity contribution is 5.82. The molecule has 1 aliphatic heterocycles. The van der Waals surface area contributed by atoms with Gasteiger partial charge in [0.25, 0.3) is 0 Å². The molecule has 21 heavy (non-hydrogen) atoms. The number of nitrogens with zero attached hydrogens (tertiary/aromatic N) is 4. The van der Waals surface area contributed by atoms with Crippen molar-refractivity contribution in [2.75, 3.05) is 18.1 Å². The maximum absolute atomic E-state index is 9.94. The van der Waals surface area contributed by atoms with Crippen LogP contribution >= 0.6 is 0 Å². The topological polar surface area (TPSA) is 166 Å². The zero-order valence-electron chi connectivity index (χ0n) is 11.0. The second-order valence-electron chi connectivity index (χ2n) is 4.91.